The van der Waals surface area contributed by atoms with E-state index in [0.29, 0.717) is 0 Å². The zero-order valence-electron chi connectivity index (χ0n) is 7.84. The number of carboxylic acids is 1. The molecule has 1 fully saturated rings. The number of morpholine rings is 1. The van der Waals surface area contributed by atoms with Crippen molar-refractivity contribution in [3.05, 3.63) is 0 Å². The Bertz CT molecular complexity index is 362. The van der Waals surface area contributed by atoms with Crippen molar-refractivity contribution in [2.75, 3.05) is 6.61 Å². The normalized spacial score (nSPS) is 25.9. The lowest BCUT2D eigenvalue weighted by Crippen LogP contribution is -2.56. The molecule has 0 aliphatic carbocycles. The van der Waals surface area contributed by atoms with Crippen LogP contribution in [0.1, 0.15) is 6.92 Å². The van der Waals surface area contributed by atoms with E-state index in [1.54, 1.807) is 0 Å². The minimum absolute atomic E-state index is 0.146. The Balaban J connectivity index is 2.97. The summed E-state index contributed by atoms with van der Waals surface area (Å²) in [5.74, 6) is -1.72. The quantitative estimate of drug-likeness (QED) is 0.610. The number of carboxylic acid groups (broad SMARTS) is 1. The van der Waals surface area contributed by atoms with E-state index >= 15 is 0 Å². The third-order valence-electron chi connectivity index (χ3n) is 1.91. The van der Waals surface area contributed by atoms with E-state index in [2.05, 4.69) is 0 Å². The number of carbonyl (C=O) groups is 2. The first kappa shape index (κ1) is 11.6. The highest BCUT2D eigenvalue weighted by molar-refractivity contribution is 7.80. The smallest absolute Gasteiger partial charge is 0.339 e. The summed E-state index contributed by atoms with van der Waals surface area (Å²) in [5.41, 5.74) is 0. The van der Waals surface area contributed by atoms with Gasteiger partial charge in [0.15, 0.2) is 0 Å². The van der Waals surface area contributed by atoms with Crippen molar-refractivity contribution >= 4 is 29.1 Å². The third kappa shape index (κ3) is 2.11. The number of amides is 1. The molecule has 6 nitrogen and oxygen atoms in total. The molecule has 80 valence electrons. The van der Waals surface area contributed by atoms with Gasteiger partial charge in [0.1, 0.15) is 11.0 Å². The van der Waals surface area contributed by atoms with E-state index in [1.807, 2.05) is 6.07 Å². The Morgan fingerprint density at radius 3 is 2.73 bits per heavy atom. The summed E-state index contributed by atoms with van der Waals surface area (Å²) in [6, 6.07) is 0.983. The van der Waals surface area contributed by atoms with E-state index in [9.17, 15) is 9.59 Å². The monoisotopic (exact) mass is 228 g/mol. The summed E-state index contributed by atoms with van der Waals surface area (Å²) in [5, 5.41) is 17.5. The number of hydrogen-bond donors (Lipinski definition) is 1. The van der Waals surface area contributed by atoms with Gasteiger partial charge in [-0.2, -0.15) is 5.26 Å². The second-order valence-electron chi connectivity index (χ2n) is 2.92. The van der Waals surface area contributed by atoms with E-state index in [-0.39, 0.29) is 11.6 Å². The van der Waals surface area contributed by atoms with Gasteiger partial charge in [0, 0.05) is 6.92 Å². The van der Waals surface area contributed by atoms with Crippen LogP contribution >= 0.6 is 12.2 Å². The lowest BCUT2D eigenvalue weighted by molar-refractivity contribution is -0.149. The standard InChI is InChI=1S/C8H8N2O4S/c1-4(11)10-5(2-9)3-14-6(7(10)15)8(12)13/h5-6H,3H2,1H3,(H,12,13)/t5-,6+/m0/s1. The number of thiocarbonyl (C=S) groups is 1. The third-order valence-corrected chi connectivity index (χ3v) is 2.32. The molecule has 1 saturated heterocycles. The van der Waals surface area contributed by atoms with Gasteiger partial charge in [-0.1, -0.05) is 12.2 Å². The van der Waals surface area contributed by atoms with Crippen LogP contribution in [-0.4, -0.2) is 45.6 Å². The van der Waals surface area contributed by atoms with Crippen LogP contribution in [0.5, 0.6) is 0 Å². The minimum Gasteiger partial charge on any atom is -0.479 e. The second kappa shape index (κ2) is 4.33. The average molecular weight is 228 g/mol. The molecule has 0 bridgehead atoms. The number of hydrogen-bond acceptors (Lipinski definition) is 5. The van der Waals surface area contributed by atoms with Crippen LogP contribution in [-0.2, 0) is 14.3 Å². The molecule has 0 aromatic heterocycles. The molecule has 0 aromatic carbocycles. The molecule has 1 N–H and O–H groups in total. The van der Waals surface area contributed by atoms with Crippen LogP contribution in [0.2, 0.25) is 0 Å². The summed E-state index contributed by atoms with van der Waals surface area (Å²) in [4.78, 5) is 22.7. The minimum atomic E-state index is -1.33. The van der Waals surface area contributed by atoms with Crippen molar-refractivity contribution in [3.8, 4) is 6.07 Å². The highest BCUT2D eigenvalue weighted by atomic mass is 32.1. The fraction of sp³-hybridized carbons (Fsp3) is 0.500. The molecule has 2 atom stereocenters. The predicted octanol–water partition coefficient (Wildman–Crippen LogP) is -0.462. The topological polar surface area (TPSA) is 90.6 Å². The average Bonchev–Trinajstić information content (AvgIpc) is 2.15. The van der Waals surface area contributed by atoms with Gasteiger partial charge in [-0.25, -0.2) is 4.79 Å². The van der Waals surface area contributed by atoms with Gasteiger partial charge < -0.3 is 9.84 Å². The first-order valence-corrected chi connectivity index (χ1v) is 4.47. The van der Waals surface area contributed by atoms with Crippen LogP contribution in [0.25, 0.3) is 0 Å². The molecule has 1 heterocycles. The van der Waals surface area contributed by atoms with Crippen molar-refractivity contribution in [2.45, 2.75) is 19.1 Å². The molecule has 1 aliphatic rings. The van der Waals surface area contributed by atoms with Gasteiger partial charge in [-0.05, 0) is 0 Å². The molecule has 0 unspecified atom stereocenters. The summed E-state index contributed by atoms with van der Waals surface area (Å²) in [7, 11) is 0. The van der Waals surface area contributed by atoms with E-state index in [4.69, 9.17) is 27.3 Å². The molecular formula is C8H8N2O4S. The Kier molecular flexibility index (Phi) is 3.34. The summed E-state index contributed by atoms with van der Waals surface area (Å²) < 4.78 is 4.88. The van der Waals surface area contributed by atoms with Gasteiger partial charge in [0.05, 0.1) is 12.7 Å². The maximum absolute atomic E-state index is 11.2. The molecule has 1 amide bonds. The van der Waals surface area contributed by atoms with E-state index in [1.165, 1.54) is 6.92 Å². The van der Waals surface area contributed by atoms with Gasteiger partial charge in [0.2, 0.25) is 12.0 Å². The largest absolute Gasteiger partial charge is 0.479 e. The molecular weight excluding hydrogens is 220 g/mol. The van der Waals surface area contributed by atoms with Gasteiger partial charge in [-0.3, -0.25) is 9.69 Å². The van der Waals surface area contributed by atoms with Crippen LogP contribution in [0.4, 0.5) is 0 Å². The zero-order chi connectivity index (χ0) is 11.6. The lowest BCUT2D eigenvalue weighted by Gasteiger charge is -2.34. The van der Waals surface area contributed by atoms with Crippen molar-refractivity contribution < 1.29 is 19.4 Å². The van der Waals surface area contributed by atoms with Gasteiger partial charge in [-0.15, -0.1) is 0 Å². The SMILES string of the molecule is CC(=O)N1C(=S)[C@H](C(=O)O)OC[C@@H]1C#N. The highest BCUT2D eigenvalue weighted by Crippen LogP contribution is 2.15. The van der Waals surface area contributed by atoms with Crippen LogP contribution in [0, 0.1) is 11.3 Å². The number of ether oxygens (including phenoxy) is 1. The van der Waals surface area contributed by atoms with Crippen molar-refractivity contribution in [1.82, 2.24) is 4.90 Å². The summed E-state index contributed by atoms with van der Waals surface area (Å²) >= 11 is 4.79. The van der Waals surface area contributed by atoms with E-state index < -0.39 is 24.0 Å². The fourth-order valence-electron chi connectivity index (χ4n) is 1.26. The molecule has 0 saturated carbocycles. The Labute approximate surface area is 91.0 Å². The molecule has 0 radical (unpaired) electrons. The maximum atomic E-state index is 11.2. The number of rotatable bonds is 1. The van der Waals surface area contributed by atoms with Crippen LogP contribution < -0.4 is 0 Å². The molecule has 15 heavy (non-hydrogen) atoms. The van der Waals surface area contributed by atoms with Crippen LogP contribution in [0.3, 0.4) is 0 Å². The zero-order valence-corrected chi connectivity index (χ0v) is 8.65. The number of aliphatic carboxylic acids is 1. The molecule has 1 aliphatic heterocycles. The first-order chi connectivity index (χ1) is 6.99. The molecule has 0 spiro atoms. The molecule has 7 heteroatoms. The first-order valence-electron chi connectivity index (χ1n) is 4.06. The molecule has 0 aromatic rings. The Morgan fingerprint density at radius 1 is 1.73 bits per heavy atom. The van der Waals surface area contributed by atoms with Crippen molar-refractivity contribution in [1.29, 1.82) is 5.26 Å². The highest BCUT2D eigenvalue weighted by Gasteiger charge is 2.39. The number of nitrogens with zero attached hydrogens (tertiary/aromatic N) is 2. The lowest BCUT2D eigenvalue weighted by atomic mass is 10.2. The molecule has 1 rings (SSSR count). The van der Waals surface area contributed by atoms with Gasteiger partial charge in [0.25, 0.3) is 0 Å². The fourth-order valence-corrected chi connectivity index (χ4v) is 1.68. The summed E-state index contributed by atoms with van der Waals surface area (Å²) in [6.45, 7) is 1.08. The Hall–Kier alpha value is -1.52. The maximum Gasteiger partial charge on any atom is 0.339 e. The summed E-state index contributed by atoms with van der Waals surface area (Å²) in [6.07, 6.45) is -1.33. The van der Waals surface area contributed by atoms with Crippen molar-refractivity contribution in [3.63, 3.8) is 0 Å². The predicted molar refractivity (Wildman–Crippen MR) is 51.9 cm³/mol. The van der Waals surface area contributed by atoms with Crippen molar-refractivity contribution in [2.24, 2.45) is 0 Å². The Morgan fingerprint density at radius 2 is 2.33 bits per heavy atom. The van der Waals surface area contributed by atoms with Gasteiger partial charge >= 0.3 is 5.97 Å². The number of nitriles is 1. The van der Waals surface area contributed by atoms with Crippen LogP contribution in [0.15, 0.2) is 0 Å². The number of carbonyl (C=O) groups excluding carboxylic acids is 1. The second-order valence-corrected chi connectivity index (χ2v) is 3.34. The van der Waals surface area contributed by atoms with E-state index in [0.717, 1.165) is 4.90 Å².